The van der Waals surface area contributed by atoms with Gasteiger partial charge in [0.05, 0.1) is 10.7 Å². The van der Waals surface area contributed by atoms with E-state index in [4.69, 9.17) is 23.7 Å². The average Bonchev–Trinajstić information content (AvgIpc) is 2.34. The lowest BCUT2D eigenvalue weighted by atomic mass is 10.3. The molecule has 11 heavy (non-hydrogen) atoms. The van der Waals surface area contributed by atoms with E-state index < -0.39 is 0 Å². The highest BCUT2D eigenvalue weighted by Gasteiger charge is 2.00. The molecule has 1 aromatic rings. The predicted octanol–water partition coefficient (Wildman–Crippen LogP) is 0.430. The third-order valence-electron chi connectivity index (χ3n) is 1.13. The maximum atomic E-state index is 5.38. The van der Waals surface area contributed by atoms with Crippen molar-refractivity contribution in [3.8, 4) is 0 Å². The van der Waals surface area contributed by atoms with Crippen LogP contribution in [0.4, 0.5) is 0 Å². The molecule has 0 atom stereocenters. The van der Waals surface area contributed by atoms with Crippen molar-refractivity contribution in [3.05, 3.63) is 16.1 Å². The Kier molecular flexibility index (Phi) is 2.92. The van der Waals surface area contributed by atoms with Gasteiger partial charge in [-0.3, -0.25) is 0 Å². The number of nitrogens with two attached hydrogens (primary N) is 2. The summed E-state index contributed by atoms with van der Waals surface area (Å²) in [6, 6.07) is 0. The summed E-state index contributed by atoms with van der Waals surface area (Å²) in [5, 5.41) is 2.86. The van der Waals surface area contributed by atoms with Crippen molar-refractivity contribution < 1.29 is 0 Å². The molecule has 60 valence electrons. The minimum absolute atomic E-state index is 0.471. The summed E-state index contributed by atoms with van der Waals surface area (Å²) in [5.41, 5.74) is 11.6. The van der Waals surface area contributed by atoms with Gasteiger partial charge in [-0.25, -0.2) is 4.98 Å². The molecule has 4 N–H and O–H groups in total. The molecule has 1 aromatic heterocycles. The van der Waals surface area contributed by atoms with Gasteiger partial charge in [0.15, 0.2) is 0 Å². The van der Waals surface area contributed by atoms with E-state index in [0.717, 1.165) is 10.7 Å². The van der Waals surface area contributed by atoms with Crippen molar-refractivity contribution in [2.45, 2.75) is 13.0 Å². The Balaban J connectivity index is 2.65. The summed E-state index contributed by atoms with van der Waals surface area (Å²) >= 11 is 6.27. The van der Waals surface area contributed by atoms with Crippen LogP contribution in [0.15, 0.2) is 5.38 Å². The predicted molar refractivity (Wildman–Crippen MR) is 50.5 cm³/mol. The van der Waals surface area contributed by atoms with Crippen molar-refractivity contribution in [1.29, 1.82) is 0 Å². The summed E-state index contributed by atoms with van der Waals surface area (Å²) in [4.78, 5) is 4.67. The largest absolute Gasteiger partial charge is 0.393 e. The van der Waals surface area contributed by atoms with Crippen LogP contribution in [-0.2, 0) is 13.0 Å². The molecule has 3 nitrogen and oxygen atoms in total. The van der Waals surface area contributed by atoms with Crippen LogP contribution in [0.2, 0.25) is 0 Å². The molecule has 0 aromatic carbocycles. The van der Waals surface area contributed by atoms with E-state index in [1.165, 1.54) is 0 Å². The van der Waals surface area contributed by atoms with Gasteiger partial charge in [0.25, 0.3) is 0 Å². The van der Waals surface area contributed by atoms with E-state index >= 15 is 0 Å². The van der Waals surface area contributed by atoms with Crippen molar-refractivity contribution in [2.24, 2.45) is 11.5 Å². The molecular weight excluding hydrogens is 178 g/mol. The van der Waals surface area contributed by atoms with Gasteiger partial charge in [-0.05, 0) is 0 Å². The lowest BCUT2D eigenvalue weighted by molar-refractivity contribution is 1.01. The van der Waals surface area contributed by atoms with E-state index in [2.05, 4.69) is 4.98 Å². The van der Waals surface area contributed by atoms with Crippen molar-refractivity contribution >= 4 is 28.5 Å². The Morgan fingerprint density at radius 1 is 1.73 bits per heavy atom. The molecule has 0 bridgehead atoms. The van der Waals surface area contributed by atoms with Crippen LogP contribution in [0.5, 0.6) is 0 Å². The Morgan fingerprint density at radius 2 is 2.45 bits per heavy atom. The number of rotatable bonds is 3. The third kappa shape index (κ3) is 2.53. The van der Waals surface area contributed by atoms with Crippen LogP contribution in [0.3, 0.4) is 0 Å². The molecule has 1 heterocycles. The minimum atomic E-state index is 0.471. The molecule has 0 radical (unpaired) electrons. The molecule has 0 spiro atoms. The fraction of sp³-hybridized carbons (Fsp3) is 0.333. The summed E-state index contributed by atoms with van der Waals surface area (Å²) in [6.07, 6.45) is 0.575. The van der Waals surface area contributed by atoms with Crippen LogP contribution >= 0.6 is 23.6 Å². The summed E-state index contributed by atoms with van der Waals surface area (Å²) in [6.45, 7) is 0.488. The van der Waals surface area contributed by atoms with E-state index in [9.17, 15) is 0 Å². The number of nitrogens with zero attached hydrogens (tertiary/aromatic N) is 1. The van der Waals surface area contributed by atoms with Gasteiger partial charge in [0.1, 0.15) is 5.01 Å². The standard InChI is InChI=1S/C6H9N3S2/c7-2-6-9-4(3-11-6)1-5(8)10/h3H,1-2,7H2,(H2,8,10). The fourth-order valence-electron chi connectivity index (χ4n) is 0.702. The van der Waals surface area contributed by atoms with Gasteiger partial charge >= 0.3 is 0 Å². The van der Waals surface area contributed by atoms with E-state index in [1.807, 2.05) is 5.38 Å². The monoisotopic (exact) mass is 187 g/mol. The van der Waals surface area contributed by atoms with Gasteiger partial charge in [-0.15, -0.1) is 11.3 Å². The van der Waals surface area contributed by atoms with E-state index in [0.29, 0.717) is 18.0 Å². The van der Waals surface area contributed by atoms with Crippen LogP contribution < -0.4 is 11.5 Å². The zero-order chi connectivity index (χ0) is 8.27. The highest BCUT2D eigenvalue weighted by atomic mass is 32.1. The SMILES string of the molecule is NCc1nc(CC(N)=S)cs1. The van der Waals surface area contributed by atoms with E-state index in [1.54, 1.807) is 11.3 Å². The quantitative estimate of drug-likeness (QED) is 0.674. The average molecular weight is 187 g/mol. The highest BCUT2D eigenvalue weighted by molar-refractivity contribution is 7.80. The molecule has 0 aliphatic heterocycles. The normalized spacial score (nSPS) is 9.91. The molecule has 5 heteroatoms. The maximum absolute atomic E-state index is 5.38. The number of hydrogen-bond acceptors (Lipinski definition) is 4. The van der Waals surface area contributed by atoms with E-state index in [-0.39, 0.29) is 0 Å². The van der Waals surface area contributed by atoms with Gasteiger partial charge in [-0.1, -0.05) is 12.2 Å². The Bertz CT molecular complexity index is 256. The summed E-state index contributed by atoms with van der Waals surface area (Å²) in [7, 11) is 0. The lowest BCUT2D eigenvalue weighted by Gasteiger charge is -1.90. The Morgan fingerprint density at radius 3 is 2.91 bits per heavy atom. The number of hydrogen-bond donors (Lipinski definition) is 2. The summed E-state index contributed by atoms with van der Waals surface area (Å²) in [5.74, 6) is 0. The van der Waals surface area contributed by atoms with Crippen LogP contribution in [0.1, 0.15) is 10.7 Å². The molecule has 0 saturated carbocycles. The topological polar surface area (TPSA) is 64.9 Å². The van der Waals surface area contributed by atoms with Gasteiger partial charge in [0, 0.05) is 18.3 Å². The number of thiazole rings is 1. The Labute approximate surface area is 74.4 Å². The minimum Gasteiger partial charge on any atom is -0.393 e. The molecule has 0 fully saturated rings. The molecule has 0 unspecified atom stereocenters. The zero-order valence-corrected chi connectivity index (χ0v) is 7.54. The second kappa shape index (κ2) is 3.75. The lowest BCUT2D eigenvalue weighted by Crippen LogP contribution is -2.11. The smallest absolute Gasteiger partial charge is 0.106 e. The molecule has 1 rings (SSSR count). The highest BCUT2D eigenvalue weighted by Crippen LogP contribution is 2.08. The van der Waals surface area contributed by atoms with Crippen LogP contribution in [0.25, 0.3) is 0 Å². The van der Waals surface area contributed by atoms with Crippen molar-refractivity contribution in [2.75, 3.05) is 0 Å². The molecular formula is C6H9N3S2. The third-order valence-corrected chi connectivity index (χ3v) is 2.19. The molecule has 0 aliphatic rings. The molecule has 0 saturated heterocycles. The Hall–Kier alpha value is -0.520. The fourth-order valence-corrected chi connectivity index (χ4v) is 1.52. The second-order valence-corrected chi connectivity index (χ2v) is 3.55. The first-order valence-corrected chi connectivity index (χ1v) is 4.43. The van der Waals surface area contributed by atoms with Crippen LogP contribution in [-0.4, -0.2) is 9.97 Å². The second-order valence-electron chi connectivity index (χ2n) is 2.08. The first-order chi connectivity index (χ1) is 5.22. The maximum Gasteiger partial charge on any atom is 0.106 e. The van der Waals surface area contributed by atoms with Gasteiger partial charge in [-0.2, -0.15) is 0 Å². The molecule has 0 aliphatic carbocycles. The number of aromatic nitrogens is 1. The van der Waals surface area contributed by atoms with Gasteiger partial charge in [0.2, 0.25) is 0 Å². The first kappa shape index (κ1) is 8.58. The van der Waals surface area contributed by atoms with Gasteiger partial charge < -0.3 is 11.5 Å². The van der Waals surface area contributed by atoms with Crippen LogP contribution in [0, 0.1) is 0 Å². The van der Waals surface area contributed by atoms with Crippen molar-refractivity contribution in [3.63, 3.8) is 0 Å². The molecule has 0 amide bonds. The van der Waals surface area contributed by atoms with Crippen molar-refractivity contribution in [1.82, 2.24) is 4.98 Å². The zero-order valence-electron chi connectivity index (χ0n) is 5.91. The first-order valence-electron chi connectivity index (χ1n) is 3.14. The summed E-state index contributed by atoms with van der Waals surface area (Å²) < 4.78 is 0. The number of thiocarbonyl (C=S) groups is 1.